The lowest BCUT2D eigenvalue weighted by Crippen LogP contribution is -2.29. The largest absolute Gasteiger partial charge is 0.496 e. The van der Waals surface area contributed by atoms with E-state index in [0.29, 0.717) is 18.2 Å². The first-order valence-electron chi connectivity index (χ1n) is 6.52. The molecule has 0 saturated heterocycles. The maximum Gasteiger partial charge on any atom is 0.123 e. The number of rotatable bonds is 7. The first kappa shape index (κ1) is 13.8. The van der Waals surface area contributed by atoms with Crippen molar-refractivity contribution in [3.05, 3.63) is 29.3 Å². The molecule has 2 rings (SSSR count). The van der Waals surface area contributed by atoms with Crippen molar-refractivity contribution in [2.75, 3.05) is 20.3 Å². The molecule has 1 aromatic rings. The summed E-state index contributed by atoms with van der Waals surface area (Å²) >= 11 is 0. The Morgan fingerprint density at radius 1 is 1.53 bits per heavy atom. The molecule has 0 bridgehead atoms. The zero-order valence-corrected chi connectivity index (χ0v) is 11.2. The van der Waals surface area contributed by atoms with Crippen molar-refractivity contribution in [2.24, 2.45) is 5.73 Å². The molecule has 0 heterocycles. The van der Waals surface area contributed by atoms with Crippen LogP contribution in [-0.4, -0.2) is 42.1 Å². The van der Waals surface area contributed by atoms with Crippen LogP contribution in [0.3, 0.4) is 0 Å². The molecular weight excluding hydrogens is 242 g/mol. The number of benzene rings is 1. The number of nitrogen functional groups attached to an aromatic ring is 1. The van der Waals surface area contributed by atoms with E-state index < -0.39 is 0 Å². The maximum absolute atomic E-state index is 9.13. The van der Waals surface area contributed by atoms with Crippen molar-refractivity contribution in [1.29, 1.82) is 5.41 Å². The second-order valence-corrected chi connectivity index (χ2v) is 4.87. The first-order valence-corrected chi connectivity index (χ1v) is 6.52. The Labute approximate surface area is 113 Å². The molecule has 1 saturated carbocycles. The summed E-state index contributed by atoms with van der Waals surface area (Å²) in [6.07, 6.45) is 2.38. The molecule has 1 aliphatic carbocycles. The standard InChI is InChI=1S/C14H21N3O2/c1-19-13-5-2-10(14(15)16)8-11(13)9-17(6-7-18)12-3-4-12/h2,5,8,12,18H,3-4,6-7,9H2,1H3,(H3,15,16). The number of hydrogen-bond donors (Lipinski definition) is 3. The lowest BCUT2D eigenvalue weighted by atomic mass is 10.1. The van der Waals surface area contributed by atoms with E-state index in [-0.39, 0.29) is 12.4 Å². The van der Waals surface area contributed by atoms with Crippen LogP contribution in [0.15, 0.2) is 18.2 Å². The molecule has 1 aromatic carbocycles. The molecule has 0 radical (unpaired) electrons. The number of nitrogens with two attached hydrogens (primary N) is 1. The molecular formula is C14H21N3O2. The van der Waals surface area contributed by atoms with Crippen LogP contribution < -0.4 is 10.5 Å². The molecule has 1 aliphatic rings. The van der Waals surface area contributed by atoms with Crippen LogP contribution in [0.4, 0.5) is 0 Å². The Balaban J connectivity index is 2.20. The van der Waals surface area contributed by atoms with Crippen molar-refractivity contribution in [3.63, 3.8) is 0 Å². The van der Waals surface area contributed by atoms with Gasteiger partial charge in [-0.25, -0.2) is 0 Å². The fourth-order valence-electron chi connectivity index (χ4n) is 2.25. The summed E-state index contributed by atoms with van der Waals surface area (Å²) in [7, 11) is 1.64. The minimum absolute atomic E-state index is 0.0593. The highest BCUT2D eigenvalue weighted by Crippen LogP contribution is 2.30. The average molecular weight is 263 g/mol. The summed E-state index contributed by atoms with van der Waals surface area (Å²) in [5.74, 6) is 0.859. The van der Waals surface area contributed by atoms with E-state index in [0.717, 1.165) is 17.9 Å². The van der Waals surface area contributed by atoms with E-state index in [9.17, 15) is 0 Å². The second kappa shape index (κ2) is 6.04. The van der Waals surface area contributed by atoms with Gasteiger partial charge in [-0.1, -0.05) is 0 Å². The molecule has 0 aliphatic heterocycles. The van der Waals surface area contributed by atoms with Crippen molar-refractivity contribution < 1.29 is 9.84 Å². The summed E-state index contributed by atoms with van der Waals surface area (Å²) in [5.41, 5.74) is 7.24. The second-order valence-electron chi connectivity index (χ2n) is 4.87. The number of aliphatic hydroxyl groups is 1. The average Bonchev–Trinajstić information content (AvgIpc) is 3.22. The van der Waals surface area contributed by atoms with Gasteiger partial charge in [-0.15, -0.1) is 0 Å². The Morgan fingerprint density at radius 2 is 2.26 bits per heavy atom. The summed E-state index contributed by atoms with van der Waals surface area (Å²) < 4.78 is 5.36. The molecule has 0 amide bonds. The SMILES string of the molecule is COc1ccc(C(=N)N)cc1CN(CCO)C1CC1. The Kier molecular flexibility index (Phi) is 4.39. The van der Waals surface area contributed by atoms with Crippen molar-refractivity contribution >= 4 is 5.84 Å². The third-order valence-electron chi connectivity index (χ3n) is 3.42. The Hall–Kier alpha value is -1.59. The van der Waals surface area contributed by atoms with Crippen LogP contribution >= 0.6 is 0 Å². The Bertz CT molecular complexity index is 458. The van der Waals surface area contributed by atoms with Crippen LogP contribution in [-0.2, 0) is 6.54 Å². The minimum Gasteiger partial charge on any atom is -0.496 e. The molecule has 0 aromatic heterocycles. The summed E-state index contributed by atoms with van der Waals surface area (Å²) in [6, 6.07) is 6.10. The van der Waals surface area contributed by atoms with Gasteiger partial charge in [0.15, 0.2) is 0 Å². The minimum atomic E-state index is 0.0593. The van der Waals surface area contributed by atoms with Gasteiger partial charge >= 0.3 is 0 Å². The summed E-state index contributed by atoms with van der Waals surface area (Å²) in [5, 5.41) is 16.6. The highest BCUT2D eigenvalue weighted by molar-refractivity contribution is 5.95. The molecule has 0 unspecified atom stereocenters. The molecule has 104 valence electrons. The predicted octanol–water partition coefficient (Wildman–Crippen LogP) is 0.936. The van der Waals surface area contributed by atoms with Gasteiger partial charge in [0.25, 0.3) is 0 Å². The number of nitrogens with one attached hydrogen (secondary N) is 1. The van der Waals surface area contributed by atoms with E-state index in [2.05, 4.69) is 4.90 Å². The quantitative estimate of drug-likeness (QED) is 0.505. The third-order valence-corrected chi connectivity index (χ3v) is 3.42. The number of nitrogens with zero attached hydrogens (tertiary/aromatic N) is 1. The molecule has 1 fully saturated rings. The zero-order valence-electron chi connectivity index (χ0n) is 11.2. The number of ether oxygens (including phenoxy) is 1. The van der Waals surface area contributed by atoms with Gasteiger partial charge < -0.3 is 15.6 Å². The van der Waals surface area contributed by atoms with E-state index >= 15 is 0 Å². The van der Waals surface area contributed by atoms with E-state index in [4.69, 9.17) is 21.0 Å². The molecule has 5 nitrogen and oxygen atoms in total. The maximum atomic E-state index is 9.13. The molecule has 0 spiro atoms. The van der Waals surface area contributed by atoms with Crippen molar-refractivity contribution in [3.8, 4) is 5.75 Å². The van der Waals surface area contributed by atoms with E-state index in [1.165, 1.54) is 12.8 Å². The molecule has 0 atom stereocenters. The molecule has 19 heavy (non-hydrogen) atoms. The summed E-state index contributed by atoms with van der Waals surface area (Å²) in [4.78, 5) is 2.25. The third kappa shape index (κ3) is 3.45. The topological polar surface area (TPSA) is 82.6 Å². The van der Waals surface area contributed by atoms with Gasteiger partial charge in [-0.05, 0) is 31.0 Å². The van der Waals surface area contributed by atoms with Gasteiger partial charge in [0.2, 0.25) is 0 Å². The number of aliphatic hydroxyl groups excluding tert-OH is 1. The summed E-state index contributed by atoms with van der Waals surface area (Å²) in [6.45, 7) is 1.54. The van der Waals surface area contributed by atoms with Gasteiger partial charge in [0.1, 0.15) is 11.6 Å². The van der Waals surface area contributed by atoms with E-state index in [1.807, 2.05) is 12.1 Å². The fraction of sp³-hybridized carbons (Fsp3) is 0.500. The smallest absolute Gasteiger partial charge is 0.123 e. The van der Waals surface area contributed by atoms with Gasteiger partial charge in [-0.2, -0.15) is 0 Å². The Morgan fingerprint density at radius 3 is 2.79 bits per heavy atom. The van der Waals surface area contributed by atoms with Crippen LogP contribution in [0.1, 0.15) is 24.0 Å². The molecule has 5 heteroatoms. The number of methoxy groups -OCH3 is 1. The first-order chi connectivity index (χ1) is 9.15. The lowest BCUT2D eigenvalue weighted by Gasteiger charge is -2.22. The zero-order chi connectivity index (χ0) is 13.8. The molecule has 4 N–H and O–H groups in total. The van der Waals surface area contributed by atoms with Crippen LogP contribution in [0.25, 0.3) is 0 Å². The monoisotopic (exact) mass is 263 g/mol. The van der Waals surface area contributed by atoms with Gasteiger partial charge in [0.05, 0.1) is 13.7 Å². The highest BCUT2D eigenvalue weighted by Gasteiger charge is 2.29. The van der Waals surface area contributed by atoms with Crippen molar-refractivity contribution in [2.45, 2.75) is 25.4 Å². The predicted molar refractivity (Wildman–Crippen MR) is 74.5 cm³/mol. The highest BCUT2D eigenvalue weighted by atomic mass is 16.5. The van der Waals surface area contributed by atoms with Gasteiger partial charge in [-0.3, -0.25) is 10.3 Å². The van der Waals surface area contributed by atoms with Crippen molar-refractivity contribution in [1.82, 2.24) is 4.90 Å². The van der Waals surface area contributed by atoms with Gasteiger partial charge in [0, 0.05) is 30.3 Å². The van der Waals surface area contributed by atoms with Crippen LogP contribution in [0.2, 0.25) is 0 Å². The fourth-order valence-corrected chi connectivity index (χ4v) is 2.25. The normalized spacial score (nSPS) is 14.7. The lowest BCUT2D eigenvalue weighted by molar-refractivity contribution is 0.182. The van der Waals surface area contributed by atoms with E-state index in [1.54, 1.807) is 13.2 Å². The van der Waals surface area contributed by atoms with Crippen LogP contribution in [0, 0.1) is 5.41 Å². The van der Waals surface area contributed by atoms with Crippen LogP contribution in [0.5, 0.6) is 5.75 Å². The number of amidine groups is 1. The number of hydrogen-bond acceptors (Lipinski definition) is 4.